The molecule has 20 heteroatoms. The molecular formula is C58H59F2N7O11. The molecule has 4 aromatic carbocycles. The molecule has 9 rings (SSSR count). The van der Waals surface area contributed by atoms with Crippen LogP contribution in [0.2, 0.25) is 0 Å². The van der Waals surface area contributed by atoms with Crippen molar-refractivity contribution in [1.29, 1.82) is 0 Å². The summed E-state index contributed by atoms with van der Waals surface area (Å²) >= 11 is 0. The second-order valence-corrected chi connectivity index (χ2v) is 19.4. The number of piperidine rings is 1. The van der Waals surface area contributed by atoms with Crippen LogP contribution in [-0.4, -0.2) is 126 Å². The van der Waals surface area contributed by atoms with Gasteiger partial charge in [-0.15, -0.1) is 8.78 Å². The fraction of sp³-hybridized carbons (Fsp3) is 0.362. The minimum absolute atomic E-state index is 0.0532. The van der Waals surface area contributed by atoms with Crippen molar-refractivity contribution in [1.82, 2.24) is 30.1 Å². The molecule has 2 fully saturated rings. The molecule has 18 nitrogen and oxygen atoms in total. The minimum atomic E-state index is -3.76. The molecular weight excluding hydrogens is 1010 g/mol. The maximum atomic E-state index is 13.6. The van der Waals surface area contributed by atoms with Gasteiger partial charge in [-0.05, 0) is 104 Å². The molecule has 2 aliphatic heterocycles. The number of aromatic nitrogens is 3. The summed E-state index contributed by atoms with van der Waals surface area (Å²) in [5, 5.41) is 20.1. The van der Waals surface area contributed by atoms with Gasteiger partial charge in [-0.3, -0.25) is 28.5 Å². The van der Waals surface area contributed by atoms with Crippen LogP contribution in [0.25, 0.3) is 22.2 Å². The number of likely N-dealkylation sites (tertiary alicyclic amines) is 1. The molecule has 0 unspecified atom stereocenters. The number of rotatable bonds is 22. The lowest BCUT2D eigenvalue weighted by Crippen LogP contribution is -2.49. The number of amides is 4. The lowest BCUT2D eigenvalue weighted by molar-refractivity contribution is -0.286. The van der Waals surface area contributed by atoms with Crippen LogP contribution in [0.4, 0.5) is 14.6 Å². The maximum Gasteiger partial charge on any atom is 0.586 e. The van der Waals surface area contributed by atoms with Crippen LogP contribution in [-0.2, 0) is 47.0 Å². The summed E-state index contributed by atoms with van der Waals surface area (Å²) in [6.45, 7) is 4.11. The molecule has 0 atom stereocenters. The van der Waals surface area contributed by atoms with E-state index in [0.29, 0.717) is 96.3 Å². The number of nitrogens with zero attached hydrogens (tertiary/aromatic N) is 4. The standard InChI is InChI=1S/C58H59F2N7O11/c1-39-12-18-49(65-55(72)57(20-21-57)44-15-17-47-48(35-44)78-58(59,60)77-47)64-52(39)42-10-5-11-43(34-42)53(70)62-25-28-74-29-30-75-31-32-76-36-50(68)61-24-6-9-41-13-16-45-46(33-41)63-38-67(54(45)71)37-56(73)22-26-66(27-23-56)51(69)19-14-40-7-3-2-4-8-40/h2-5,7-8,10-13,15-18,33-35,38,73H,14,19-32,36-37H2,1H3,(H,61,68)(H,62,70)(H,64,65,72). The van der Waals surface area contributed by atoms with Crippen molar-refractivity contribution >= 4 is 40.3 Å². The first kappa shape index (κ1) is 54.7. The number of hydrogen-bond acceptors (Lipinski definition) is 13. The van der Waals surface area contributed by atoms with E-state index in [4.69, 9.17) is 19.2 Å². The molecule has 3 aliphatic rings. The average Bonchev–Trinajstić information content (AvgIpc) is 4.40. The summed E-state index contributed by atoms with van der Waals surface area (Å²) in [6, 6.07) is 29.7. The fourth-order valence-corrected chi connectivity index (χ4v) is 9.29. The van der Waals surface area contributed by atoms with Crippen molar-refractivity contribution in [2.45, 2.75) is 69.3 Å². The van der Waals surface area contributed by atoms with Gasteiger partial charge in [-0.25, -0.2) is 9.97 Å². The molecule has 1 saturated carbocycles. The molecule has 4 heterocycles. The molecule has 1 aliphatic carbocycles. The zero-order valence-corrected chi connectivity index (χ0v) is 43.0. The number of anilines is 1. The number of halogens is 2. The molecule has 4 N–H and O–H groups in total. The fourth-order valence-electron chi connectivity index (χ4n) is 9.29. The molecule has 406 valence electrons. The number of carbonyl (C=O) groups excluding carboxylic acids is 4. The van der Waals surface area contributed by atoms with E-state index in [-0.39, 0.29) is 100.0 Å². The molecule has 1 saturated heterocycles. The van der Waals surface area contributed by atoms with Crippen LogP contribution < -0.4 is 31.0 Å². The van der Waals surface area contributed by atoms with Crippen molar-refractivity contribution in [2.75, 3.05) is 71.1 Å². The second-order valence-electron chi connectivity index (χ2n) is 19.4. The smallest absolute Gasteiger partial charge is 0.395 e. The summed E-state index contributed by atoms with van der Waals surface area (Å²) in [5.74, 6) is 5.01. The van der Waals surface area contributed by atoms with Gasteiger partial charge >= 0.3 is 6.29 Å². The first-order chi connectivity index (χ1) is 37.7. The number of carbonyl (C=O) groups is 4. The Balaban J connectivity index is 0.617. The Bertz CT molecular complexity index is 3300. The van der Waals surface area contributed by atoms with Gasteiger partial charge in [0.2, 0.25) is 17.7 Å². The van der Waals surface area contributed by atoms with E-state index in [1.54, 1.807) is 53.4 Å². The molecule has 0 bridgehead atoms. The SMILES string of the molecule is Cc1ccc(NC(=O)C2(c3ccc4c(c3)OC(F)(F)O4)CC2)nc1-c1cccc(C(=O)NCCOCCOCCOCC(=O)NCC#Cc2ccc3c(=O)n(CC4(O)CCN(C(=O)CCc5ccccc5)CC4)cnc3c2)c1. The predicted octanol–water partition coefficient (Wildman–Crippen LogP) is 5.69. The Morgan fingerprint density at radius 2 is 1.56 bits per heavy atom. The number of fused-ring (bicyclic) bond motifs is 2. The number of benzene rings is 4. The van der Waals surface area contributed by atoms with Gasteiger partial charge in [0.1, 0.15) is 12.4 Å². The van der Waals surface area contributed by atoms with E-state index >= 15 is 0 Å². The van der Waals surface area contributed by atoms with E-state index in [2.05, 4.69) is 42.2 Å². The van der Waals surface area contributed by atoms with Crippen LogP contribution in [0.3, 0.4) is 0 Å². The third-order valence-corrected chi connectivity index (χ3v) is 13.8. The lowest BCUT2D eigenvalue weighted by Gasteiger charge is -2.38. The van der Waals surface area contributed by atoms with Crippen LogP contribution in [0.1, 0.15) is 64.7 Å². The van der Waals surface area contributed by atoms with Gasteiger partial charge in [0.05, 0.1) is 80.1 Å². The number of pyridine rings is 1. The number of aryl methyl sites for hydroxylation is 2. The first-order valence-corrected chi connectivity index (χ1v) is 25.8. The molecule has 6 aromatic rings. The highest BCUT2D eigenvalue weighted by Gasteiger charge is 2.53. The van der Waals surface area contributed by atoms with Crippen molar-refractivity contribution in [2.24, 2.45) is 0 Å². The quantitative estimate of drug-likeness (QED) is 0.0475. The Morgan fingerprint density at radius 1 is 0.808 bits per heavy atom. The Labute approximate surface area is 448 Å². The summed E-state index contributed by atoms with van der Waals surface area (Å²) < 4.78 is 54.3. The second kappa shape index (κ2) is 24.5. The van der Waals surface area contributed by atoms with Crippen molar-refractivity contribution in [3.63, 3.8) is 0 Å². The number of ether oxygens (including phenoxy) is 5. The van der Waals surface area contributed by atoms with Gasteiger partial charge in [-0.1, -0.05) is 66.4 Å². The predicted molar refractivity (Wildman–Crippen MR) is 283 cm³/mol. The van der Waals surface area contributed by atoms with E-state index in [0.717, 1.165) is 11.1 Å². The van der Waals surface area contributed by atoms with Crippen molar-refractivity contribution in [3.8, 4) is 34.6 Å². The van der Waals surface area contributed by atoms with E-state index < -0.39 is 17.3 Å². The first-order valence-electron chi connectivity index (χ1n) is 25.8. The molecule has 2 aromatic heterocycles. The number of aliphatic hydroxyl groups is 1. The highest BCUT2D eigenvalue weighted by Crippen LogP contribution is 2.52. The highest BCUT2D eigenvalue weighted by molar-refractivity contribution is 6.01. The van der Waals surface area contributed by atoms with Gasteiger partial charge in [0, 0.05) is 42.7 Å². The monoisotopic (exact) mass is 1070 g/mol. The van der Waals surface area contributed by atoms with Gasteiger partial charge < -0.3 is 49.6 Å². The van der Waals surface area contributed by atoms with E-state index in [1.807, 2.05) is 49.4 Å². The van der Waals surface area contributed by atoms with Gasteiger partial charge in [0.25, 0.3) is 11.5 Å². The Morgan fingerprint density at radius 3 is 2.35 bits per heavy atom. The van der Waals surface area contributed by atoms with Gasteiger partial charge in [0.15, 0.2) is 11.5 Å². The van der Waals surface area contributed by atoms with Crippen LogP contribution >= 0.6 is 0 Å². The summed E-state index contributed by atoms with van der Waals surface area (Å²) in [4.78, 5) is 76.0. The Kier molecular flexibility index (Phi) is 17.2. The zero-order chi connectivity index (χ0) is 54.7. The number of alkyl halides is 2. The third-order valence-electron chi connectivity index (χ3n) is 13.8. The van der Waals surface area contributed by atoms with Gasteiger partial charge in [-0.2, -0.15) is 0 Å². The van der Waals surface area contributed by atoms with Crippen LogP contribution in [0.15, 0.2) is 114 Å². The summed E-state index contributed by atoms with van der Waals surface area (Å²) in [7, 11) is 0. The molecule has 4 amide bonds. The number of nitrogens with one attached hydrogen (secondary N) is 3. The zero-order valence-electron chi connectivity index (χ0n) is 43.0. The number of hydrogen-bond donors (Lipinski definition) is 4. The molecule has 0 radical (unpaired) electrons. The summed E-state index contributed by atoms with van der Waals surface area (Å²) in [5.41, 5.74) is 2.82. The van der Waals surface area contributed by atoms with Crippen LogP contribution in [0, 0.1) is 18.8 Å². The lowest BCUT2D eigenvalue weighted by atomic mass is 9.91. The normalized spacial score (nSPS) is 15.5. The Hall–Kier alpha value is -8.09. The molecule has 0 spiro atoms. The molecule has 78 heavy (non-hydrogen) atoms. The van der Waals surface area contributed by atoms with Crippen LogP contribution in [0.5, 0.6) is 11.5 Å². The third kappa shape index (κ3) is 13.9. The average molecular weight is 1070 g/mol. The van der Waals surface area contributed by atoms with E-state index in [1.165, 1.54) is 23.0 Å². The summed E-state index contributed by atoms with van der Waals surface area (Å²) in [6.07, 6.45) is 0.479. The van der Waals surface area contributed by atoms with Crippen molar-refractivity contribution < 1.29 is 56.7 Å². The van der Waals surface area contributed by atoms with Crippen molar-refractivity contribution in [3.05, 3.63) is 148 Å². The minimum Gasteiger partial charge on any atom is -0.395 e. The largest absolute Gasteiger partial charge is 0.586 e. The van der Waals surface area contributed by atoms with E-state index in [9.17, 15) is 37.9 Å². The highest BCUT2D eigenvalue weighted by atomic mass is 19.3. The maximum absolute atomic E-state index is 13.6. The topological polar surface area (TPSA) is 222 Å².